The molecule has 0 amide bonds. The molecule has 139 valence electrons. The molecular weight excluding hydrogens is 351 g/mol. The molecule has 7 heteroatoms. The molecule has 25 heavy (non-hydrogen) atoms. The summed E-state index contributed by atoms with van der Waals surface area (Å²) < 4.78 is 40.3. The van der Waals surface area contributed by atoms with Gasteiger partial charge in [0.25, 0.3) is 10.1 Å². The fraction of sp³-hybridized carbons (Fsp3) is 0.667. The van der Waals surface area contributed by atoms with E-state index >= 15 is 0 Å². The van der Waals surface area contributed by atoms with E-state index in [0.717, 1.165) is 12.2 Å². The van der Waals surface area contributed by atoms with Gasteiger partial charge in [0, 0.05) is 29.6 Å². The van der Waals surface area contributed by atoms with Crippen LogP contribution in [0, 0.1) is 5.41 Å². The molecule has 0 atom stereocenters. The Morgan fingerprint density at radius 3 is 2.00 bits per heavy atom. The number of hydrogen-bond acceptors (Lipinski definition) is 4. The van der Waals surface area contributed by atoms with Crippen LogP contribution in [-0.4, -0.2) is 68.1 Å². The van der Waals surface area contributed by atoms with Gasteiger partial charge in [0.15, 0.2) is 0 Å². The van der Waals surface area contributed by atoms with E-state index in [1.165, 1.54) is 5.56 Å². The number of rotatable bonds is 9. The van der Waals surface area contributed by atoms with Gasteiger partial charge in [-0.15, -0.1) is 0 Å². The molecule has 0 aliphatic rings. The second kappa shape index (κ2) is 10.3. The Hall–Kier alpha value is -0.110. The summed E-state index contributed by atoms with van der Waals surface area (Å²) >= 11 is 0. The second-order valence-electron chi connectivity index (χ2n) is 7.89. The molecule has 0 spiro atoms. The minimum Gasteiger partial charge on any atom is -0.491 e. The summed E-state index contributed by atoms with van der Waals surface area (Å²) in [6.45, 7) is 11.8. The van der Waals surface area contributed by atoms with Crippen LogP contribution in [0.5, 0.6) is 5.75 Å². The molecule has 0 aliphatic heterocycles. The van der Waals surface area contributed by atoms with E-state index in [9.17, 15) is 8.42 Å². The molecule has 1 rings (SSSR count). The Balaban J connectivity index is 0.00000576. The zero-order chi connectivity index (χ0) is 18.4. The van der Waals surface area contributed by atoms with Gasteiger partial charge < -0.3 is 9.47 Å². The summed E-state index contributed by atoms with van der Waals surface area (Å²) in [7, 11) is -3.96. The van der Waals surface area contributed by atoms with E-state index in [0.29, 0.717) is 6.61 Å². The molecular formula is C18H30NaO5S. The molecule has 0 saturated heterocycles. The molecule has 5 nitrogen and oxygen atoms in total. The number of ether oxygens (including phenoxy) is 2. The van der Waals surface area contributed by atoms with Crippen molar-refractivity contribution < 1.29 is 22.4 Å². The van der Waals surface area contributed by atoms with Crippen molar-refractivity contribution in [1.29, 1.82) is 0 Å². The summed E-state index contributed by atoms with van der Waals surface area (Å²) in [5, 5.41) is 0. The first-order valence-electron chi connectivity index (χ1n) is 8.15. The van der Waals surface area contributed by atoms with Crippen molar-refractivity contribution in [3.63, 3.8) is 0 Å². The van der Waals surface area contributed by atoms with Gasteiger partial charge in [0.1, 0.15) is 12.4 Å². The SMILES string of the molecule is CC(C)(C)CC(C)(C)c1ccc(OCCOCCS(=O)(=O)O)cc1.[Na]. The van der Waals surface area contributed by atoms with Gasteiger partial charge in [-0.3, -0.25) is 4.55 Å². The molecule has 0 unspecified atom stereocenters. The summed E-state index contributed by atoms with van der Waals surface area (Å²) in [5.74, 6) is 0.355. The van der Waals surface area contributed by atoms with E-state index in [-0.39, 0.29) is 53.6 Å². The molecule has 0 heterocycles. The smallest absolute Gasteiger partial charge is 0.267 e. The Bertz CT molecular complexity index is 603. The average Bonchev–Trinajstić information content (AvgIpc) is 2.39. The largest absolute Gasteiger partial charge is 0.491 e. The van der Waals surface area contributed by atoms with Crippen molar-refractivity contribution in [2.24, 2.45) is 5.41 Å². The summed E-state index contributed by atoms with van der Waals surface area (Å²) in [4.78, 5) is 0. The van der Waals surface area contributed by atoms with Gasteiger partial charge in [-0.1, -0.05) is 46.8 Å². The van der Waals surface area contributed by atoms with E-state index < -0.39 is 15.9 Å². The zero-order valence-corrected chi connectivity index (χ0v) is 19.1. The number of hydrogen-bond donors (Lipinski definition) is 1. The minimum absolute atomic E-state index is 0. The maximum atomic E-state index is 10.5. The molecule has 0 fully saturated rings. The quantitative estimate of drug-likeness (QED) is 0.404. The van der Waals surface area contributed by atoms with Crippen molar-refractivity contribution >= 4 is 39.7 Å². The van der Waals surface area contributed by atoms with E-state index in [1.807, 2.05) is 12.1 Å². The molecule has 1 N–H and O–H groups in total. The van der Waals surface area contributed by atoms with Crippen molar-refractivity contribution in [2.45, 2.75) is 46.5 Å². The maximum absolute atomic E-state index is 10.5. The van der Waals surface area contributed by atoms with Crippen LogP contribution >= 0.6 is 0 Å². The van der Waals surface area contributed by atoms with Crippen LogP contribution in [-0.2, 0) is 20.3 Å². The predicted molar refractivity (Wildman–Crippen MR) is 102 cm³/mol. The Morgan fingerprint density at radius 1 is 0.960 bits per heavy atom. The van der Waals surface area contributed by atoms with Crippen LogP contribution in [0.25, 0.3) is 0 Å². The van der Waals surface area contributed by atoms with Crippen LogP contribution in [0.15, 0.2) is 24.3 Å². The third-order valence-corrected chi connectivity index (χ3v) is 4.27. The van der Waals surface area contributed by atoms with Crippen molar-refractivity contribution in [2.75, 3.05) is 25.6 Å². The molecule has 0 saturated carbocycles. The van der Waals surface area contributed by atoms with Crippen molar-refractivity contribution in [3.05, 3.63) is 29.8 Å². The maximum Gasteiger partial charge on any atom is 0.267 e. The van der Waals surface area contributed by atoms with E-state index in [2.05, 4.69) is 46.8 Å². The first-order valence-corrected chi connectivity index (χ1v) is 9.76. The summed E-state index contributed by atoms with van der Waals surface area (Å²) in [6, 6.07) is 8.05. The Labute approximate surface area is 174 Å². The molecule has 1 aromatic carbocycles. The van der Waals surface area contributed by atoms with Crippen molar-refractivity contribution in [3.8, 4) is 5.75 Å². The first kappa shape index (κ1) is 24.9. The standard InChI is InChI=1S/C18H30O5S.Na/c1-17(2,3)14-18(4,5)15-6-8-16(9-7-15)23-11-10-22-12-13-24(19,20)21;/h6-9H,10-14H2,1-5H3,(H,19,20,21);. The minimum atomic E-state index is -3.96. The summed E-state index contributed by atoms with van der Waals surface area (Å²) in [6.07, 6.45) is 1.09. The van der Waals surface area contributed by atoms with Crippen LogP contribution in [0.4, 0.5) is 0 Å². The van der Waals surface area contributed by atoms with E-state index in [4.69, 9.17) is 14.0 Å². The molecule has 1 aromatic rings. The first-order chi connectivity index (χ1) is 10.9. The zero-order valence-electron chi connectivity index (χ0n) is 16.3. The van der Waals surface area contributed by atoms with Crippen LogP contribution in [0.1, 0.15) is 46.6 Å². The molecule has 0 bridgehead atoms. The van der Waals surface area contributed by atoms with Gasteiger partial charge >= 0.3 is 0 Å². The van der Waals surface area contributed by atoms with Gasteiger partial charge in [0.05, 0.1) is 19.0 Å². The summed E-state index contributed by atoms with van der Waals surface area (Å²) in [5.41, 5.74) is 1.63. The number of benzene rings is 1. The van der Waals surface area contributed by atoms with E-state index in [1.54, 1.807) is 0 Å². The molecule has 1 radical (unpaired) electrons. The Morgan fingerprint density at radius 2 is 1.52 bits per heavy atom. The molecule has 0 aliphatic carbocycles. The fourth-order valence-corrected chi connectivity index (χ4v) is 3.24. The third-order valence-electron chi connectivity index (χ3n) is 3.59. The monoisotopic (exact) mass is 381 g/mol. The average molecular weight is 381 g/mol. The normalized spacial score (nSPS) is 12.6. The van der Waals surface area contributed by atoms with Gasteiger partial charge in [-0.25, -0.2) is 0 Å². The predicted octanol–water partition coefficient (Wildman–Crippen LogP) is 3.30. The Kier molecular flexibility index (Phi) is 10.2. The van der Waals surface area contributed by atoms with Crippen LogP contribution in [0.3, 0.4) is 0 Å². The molecule has 0 aromatic heterocycles. The van der Waals surface area contributed by atoms with Gasteiger partial charge in [-0.05, 0) is 34.9 Å². The third kappa shape index (κ3) is 11.3. The second-order valence-corrected chi connectivity index (χ2v) is 9.46. The topological polar surface area (TPSA) is 72.8 Å². The van der Waals surface area contributed by atoms with Crippen LogP contribution in [0.2, 0.25) is 0 Å². The van der Waals surface area contributed by atoms with Gasteiger partial charge in [0.2, 0.25) is 0 Å². The van der Waals surface area contributed by atoms with Gasteiger partial charge in [-0.2, -0.15) is 8.42 Å². The fourth-order valence-electron chi connectivity index (χ4n) is 2.91. The van der Waals surface area contributed by atoms with Crippen molar-refractivity contribution in [1.82, 2.24) is 0 Å². The van der Waals surface area contributed by atoms with Crippen LogP contribution < -0.4 is 4.74 Å².